The van der Waals surface area contributed by atoms with Crippen LogP contribution in [0.5, 0.6) is 0 Å². The van der Waals surface area contributed by atoms with Gasteiger partial charge in [0, 0.05) is 21.5 Å². The second-order valence-electron chi connectivity index (χ2n) is 6.30. The van der Waals surface area contributed by atoms with Crippen molar-refractivity contribution in [3.63, 3.8) is 0 Å². The van der Waals surface area contributed by atoms with Crippen molar-refractivity contribution in [3.05, 3.63) is 33.6 Å². The van der Waals surface area contributed by atoms with Gasteiger partial charge in [-0.15, -0.1) is 22.7 Å². The first-order valence-electron chi connectivity index (χ1n) is 8.17. The summed E-state index contributed by atoms with van der Waals surface area (Å²) in [6.07, 6.45) is 4.37. The Labute approximate surface area is 148 Å². The molecular formula is C18H19N3OS2. The highest BCUT2D eigenvalue weighted by atomic mass is 32.1. The van der Waals surface area contributed by atoms with Gasteiger partial charge in [0.15, 0.2) is 0 Å². The molecule has 0 fully saturated rings. The fraction of sp³-hybridized carbons (Fsp3) is 0.333. The zero-order valence-electron chi connectivity index (χ0n) is 13.5. The van der Waals surface area contributed by atoms with E-state index in [-0.39, 0.29) is 0 Å². The SMILES string of the molecule is CCC1CCc2nc3sc(C(N)=O)c(N)c3c(-c3cccs3)c2C1. The van der Waals surface area contributed by atoms with Gasteiger partial charge in [0.2, 0.25) is 0 Å². The number of fused-ring (bicyclic) bond motifs is 2. The molecular weight excluding hydrogens is 338 g/mol. The zero-order valence-corrected chi connectivity index (χ0v) is 15.1. The second-order valence-corrected chi connectivity index (χ2v) is 8.24. The van der Waals surface area contributed by atoms with Crippen molar-refractivity contribution in [2.75, 3.05) is 5.73 Å². The Morgan fingerprint density at radius 2 is 2.29 bits per heavy atom. The van der Waals surface area contributed by atoms with E-state index in [1.54, 1.807) is 11.3 Å². The third-order valence-electron chi connectivity index (χ3n) is 4.91. The minimum atomic E-state index is -0.475. The van der Waals surface area contributed by atoms with Crippen LogP contribution in [-0.2, 0) is 12.8 Å². The third kappa shape index (κ3) is 2.32. The van der Waals surface area contributed by atoms with Gasteiger partial charge in [-0.1, -0.05) is 19.4 Å². The van der Waals surface area contributed by atoms with Gasteiger partial charge in [-0.05, 0) is 42.2 Å². The van der Waals surface area contributed by atoms with E-state index >= 15 is 0 Å². The van der Waals surface area contributed by atoms with E-state index in [0.717, 1.165) is 28.8 Å². The number of hydrogen-bond acceptors (Lipinski definition) is 5. The molecule has 4 rings (SSSR count). The Kier molecular flexibility index (Phi) is 3.81. The van der Waals surface area contributed by atoms with Crippen LogP contribution in [0.2, 0.25) is 0 Å². The number of hydrogen-bond donors (Lipinski definition) is 2. The molecule has 0 radical (unpaired) electrons. The standard InChI is InChI=1S/C18H19N3OS2/c1-2-9-5-6-11-10(8-9)13(12-4-3-7-23-12)14-15(19)16(17(20)22)24-18(14)21-11/h3-4,7,9H,2,5-6,8,19H2,1H3,(H2,20,22). The molecule has 3 heterocycles. The van der Waals surface area contributed by atoms with Crippen molar-refractivity contribution in [1.82, 2.24) is 4.98 Å². The highest BCUT2D eigenvalue weighted by molar-refractivity contribution is 7.21. The van der Waals surface area contributed by atoms with E-state index < -0.39 is 5.91 Å². The Morgan fingerprint density at radius 3 is 2.96 bits per heavy atom. The molecule has 1 atom stereocenters. The molecule has 1 aliphatic carbocycles. The molecule has 124 valence electrons. The van der Waals surface area contributed by atoms with Crippen molar-refractivity contribution in [2.24, 2.45) is 11.7 Å². The molecule has 1 amide bonds. The molecule has 1 aliphatic rings. The van der Waals surface area contributed by atoms with Crippen molar-refractivity contribution < 1.29 is 4.79 Å². The summed E-state index contributed by atoms with van der Waals surface area (Å²) in [5.41, 5.74) is 16.0. The summed E-state index contributed by atoms with van der Waals surface area (Å²) in [6.45, 7) is 2.25. The van der Waals surface area contributed by atoms with Crippen LogP contribution >= 0.6 is 22.7 Å². The molecule has 0 bridgehead atoms. The number of aromatic nitrogens is 1. The number of carbonyl (C=O) groups excluding carboxylic acids is 1. The maximum Gasteiger partial charge on any atom is 0.260 e. The lowest BCUT2D eigenvalue weighted by atomic mass is 9.82. The van der Waals surface area contributed by atoms with E-state index in [1.807, 2.05) is 0 Å². The lowest BCUT2D eigenvalue weighted by Gasteiger charge is -2.25. The number of pyridine rings is 1. The number of rotatable bonds is 3. The molecule has 0 spiro atoms. The Bertz CT molecular complexity index is 928. The molecule has 6 heteroatoms. The molecule has 4 N–H and O–H groups in total. The van der Waals surface area contributed by atoms with Crippen LogP contribution in [0.3, 0.4) is 0 Å². The molecule has 4 nitrogen and oxygen atoms in total. The molecule has 1 unspecified atom stereocenters. The first kappa shape index (κ1) is 15.6. The van der Waals surface area contributed by atoms with E-state index in [0.29, 0.717) is 16.5 Å². The fourth-order valence-corrected chi connectivity index (χ4v) is 5.40. The summed E-state index contributed by atoms with van der Waals surface area (Å²) >= 11 is 3.02. The van der Waals surface area contributed by atoms with E-state index in [1.165, 1.54) is 40.2 Å². The summed E-state index contributed by atoms with van der Waals surface area (Å²) in [5, 5.41) is 2.98. The average Bonchev–Trinajstić information content (AvgIpc) is 3.21. The normalized spacial score (nSPS) is 17.1. The largest absolute Gasteiger partial charge is 0.397 e. The van der Waals surface area contributed by atoms with Crippen molar-refractivity contribution in [3.8, 4) is 10.4 Å². The highest BCUT2D eigenvalue weighted by Crippen LogP contribution is 2.45. The third-order valence-corrected chi connectivity index (χ3v) is 6.92. The van der Waals surface area contributed by atoms with Crippen LogP contribution in [0.15, 0.2) is 17.5 Å². The Balaban J connectivity index is 2.07. The predicted molar refractivity (Wildman–Crippen MR) is 102 cm³/mol. The summed E-state index contributed by atoms with van der Waals surface area (Å²) in [7, 11) is 0. The summed E-state index contributed by atoms with van der Waals surface area (Å²) in [4.78, 5) is 19.0. The Morgan fingerprint density at radius 1 is 1.46 bits per heavy atom. The number of anilines is 1. The lowest BCUT2D eigenvalue weighted by Crippen LogP contribution is -2.16. The van der Waals surface area contributed by atoms with Crippen LogP contribution in [0.25, 0.3) is 20.7 Å². The van der Waals surface area contributed by atoms with Gasteiger partial charge >= 0.3 is 0 Å². The molecule has 3 aromatic rings. The first-order chi connectivity index (χ1) is 11.6. The summed E-state index contributed by atoms with van der Waals surface area (Å²) < 4.78 is 0. The van der Waals surface area contributed by atoms with Crippen LogP contribution in [-0.4, -0.2) is 10.9 Å². The van der Waals surface area contributed by atoms with Crippen LogP contribution in [0.4, 0.5) is 5.69 Å². The van der Waals surface area contributed by atoms with Crippen LogP contribution < -0.4 is 11.5 Å². The molecule has 3 aromatic heterocycles. The lowest BCUT2D eigenvalue weighted by molar-refractivity contribution is 0.100. The monoisotopic (exact) mass is 357 g/mol. The number of carbonyl (C=O) groups is 1. The number of aryl methyl sites for hydroxylation is 1. The maximum atomic E-state index is 11.7. The molecule has 24 heavy (non-hydrogen) atoms. The van der Waals surface area contributed by atoms with Crippen LogP contribution in [0.1, 0.15) is 40.7 Å². The summed E-state index contributed by atoms with van der Waals surface area (Å²) in [6, 6.07) is 4.17. The number of nitrogens with two attached hydrogens (primary N) is 2. The van der Waals surface area contributed by atoms with Gasteiger partial charge in [0.25, 0.3) is 5.91 Å². The average molecular weight is 358 g/mol. The zero-order chi connectivity index (χ0) is 16.8. The summed E-state index contributed by atoms with van der Waals surface area (Å²) in [5.74, 6) is 0.211. The van der Waals surface area contributed by atoms with Gasteiger partial charge in [-0.2, -0.15) is 0 Å². The smallest absolute Gasteiger partial charge is 0.260 e. The minimum absolute atomic E-state index is 0.421. The predicted octanol–water partition coefficient (Wildman–Crippen LogP) is 4.22. The minimum Gasteiger partial charge on any atom is -0.397 e. The quantitative estimate of drug-likeness (QED) is 0.736. The number of nitrogens with zero attached hydrogens (tertiary/aromatic N) is 1. The first-order valence-corrected chi connectivity index (χ1v) is 9.87. The van der Waals surface area contributed by atoms with Gasteiger partial charge in [0.05, 0.1) is 5.69 Å². The van der Waals surface area contributed by atoms with Gasteiger partial charge < -0.3 is 11.5 Å². The highest BCUT2D eigenvalue weighted by Gasteiger charge is 2.27. The molecule has 0 saturated carbocycles. The molecule has 0 aromatic carbocycles. The molecule has 0 saturated heterocycles. The van der Waals surface area contributed by atoms with Gasteiger partial charge in [-0.3, -0.25) is 4.79 Å². The topological polar surface area (TPSA) is 82.0 Å². The van der Waals surface area contributed by atoms with E-state index in [4.69, 9.17) is 16.5 Å². The number of amides is 1. The van der Waals surface area contributed by atoms with Crippen molar-refractivity contribution in [1.29, 1.82) is 0 Å². The maximum absolute atomic E-state index is 11.7. The van der Waals surface area contributed by atoms with E-state index in [2.05, 4.69) is 24.4 Å². The molecule has 0 aliphatic heterocycles. The fourth-order valence-electron chi connectivity index (χ4n) is 3.62. The number of primary amides is 1. The van der Waals surface area contributed by atoms with Gasteiger partial charge in [-0.25, -0.2) is 4.98 Å². The van der Waals surface area contributed by atoms with Gasteiger partial charge in [0.1, 0.15) is 9.71 Å². The second kappa shape index (κ2) is 5.86. The van der Waals surface area contributed by atoms with Crippen molar-refractivity contribution in [2.45, 2.75) is 32.6 Å². The van der Waals surface area contributed by atoms with Crippen LogP contribution in [0, 0.1) is 5.92 Å². The van der Waals surface area contributed by atoms with E-state index in [9.17, 15) is 4.79 Å². The Hall–Kier alpha value is -1.92. The number of nitrogen functional groups attached to an aromatic ring is 1. The van der Waals surface area contributed by atoms with Crippen molar-refractivity contribution >= 4 is 44.5 Å². The number of thiophene rings is 2.